The summed E-state index contributed by atoms with van der Waals surface area (Å²) >= 11 is 0. The van der Waals surface area contributed by atoms with Crippen LogP contribution in [0.25, 0.3) is 5.82 Å². The number of rotatable bonds is 6. The third-order valence-corrected chi connectivity index (χ3v) is 5.42. The Labute approximate surface area is 182 Å². The fourth-order valence-corrected chi connectivity index (χ4v) is 3.95. The molecule has 31 heavy (non-hydrogen) atoms. The third-order valence-electron chi connectivity index (χ3n) is 5.42. The molecule has 1 fully saturated rings. The van der Waals surface area contributed by atoms with Crippen molar-refractivity contribution in [3.05, 3.63) is 53.9 Å². The molecule has 8 nitrogen and oxygen atoms in total. The summed E-state index contributed by atoms with van der Waals surface area (Å²) in [5.41, 5.74) is 2.67. The highest BCUT2D eigenvalue weighted by Crippen LogP contribution is 2.27. The predicted molar refractivity (Wildman–Crippen MR) is 120 cm³/mol. The Morgan fingerprint density at radius 2 is 1.94 bits per heavy atom. The first-order valence-corrected chi connectivity index (χ1v) is 10.7. The molecule has 0 bridgehead atoms. The summed E-state index contributed by atoms with van der Waals surface area (Å²) in [6.07, 6.45) is 1.77. The molecule has 1 saturated heterocycles. The third kappa shape index (κ3) is 4.68. The summed E-state index contributed by atoms with van der Waals surface area (Å²) in [6.45, 7) is 7.89. The lowest BCUT2D eigenvalue weighted by molar-refractivity contribution is -0.120. The lowest BCUT2D eigenvalue weighted by Crippen LogP contribution is -2.41. The standard InChI is InChI=1S/C23H28N6O2/c1-4-31-20-10-6-5-9-19(20)24-23(30)18-8-7-13-28(15-18)21-11-12-22(26-25-21)29-17(3)14-16(2)27-29/h5-6,9-12,14,18H,4,7-8,13,15H2,1-3H3,(H,24,30). The highest BCUT2D eigenvalue weighted by molar-refractivity contribution is 5.94. The molecule has 4 rings (SSSR count). The van der Waals surface area contributed by atoms with Gasteiger partial charge in [-0.2, -0.15) is 5.10 Å². The van der Waals surface area contributed by atoms with E-state index in [9.17, 15) is 4.79 Å². The zero-order chi connectivity index (χ0) is 21.8. The predicted octanol–water partition coefficient (Wildman–Crippen LogP) is 3.53. The lowest BCUT2D eigenvalue weighted by atomic mass is 9.97. The molecule has 8 heteroatoms. The van der Waals surface area contributed by atoms with E-state index in [-0.39, 0.29) is 11.8 Å². The van der Waals surface area contributed by atoms with Crippen molar-refractivity contribution in [2.45, 2.75) is 33.6 Å². The van der Waals surface area contributed by atoms with Gasteiger partial charge in [0, 0.05) is 18.8 Å². The largest absolute Gasteiger partial charge is 0.492 e. The van der Waals surface area contributed by atoms with Crippen LogP contribution < -0.4 is 15.0 Å². The summed E-state index contributed by atoms with van der Waals surface area (Å²) in [4.78, 5) is 15.1. The van der Waals surface area contributed by atoms with Gasteiger partial charge in [-0.1, -0.05) is 12.1 Å². The number of carbonyl (C=O) groups is 1. The lowest BCUT2D eigenvalue weighted by Gasteiger charge is -2.32. The molecule has 3 heterocycles. The topological polar surface area (TPSA) is 85.2 Å². The van der Waals surface area contributed by atoms with Gasteiger partial charge in [0.1, 0.15) is 5.75 Å². The maximum Gasteiger partial charge on any atom is 0.229 e. The SMILES string of the molecule is CCOc1ccccc1NC(=O)C1CCCN(c2ccc(-n3nc(C)cc3C)nn2)C1. The van der Waals surface area contributed by atoms with Crippen molar-refractivity contribution >= 4 is 17.4 Å². The van der Waals surface area contributed by atoms with E-state index in [0.29, 0.717) is 30.4 Å². The Morgan fingerprint density at radius 3 is 2.65 bits per heavy atom. The number of hydrogen-bond donors (Lipinski definition) is 1. The van der Waals surface area contributed by atoms with Gasteiger partial charge >= 0.3 is 0 Å². The van der Waals surface area contributed by atoms with E-state index in [0.717, 1.165) is 36.6 Å². The molecule has 1 aromatic carbocycles. The van der Waals surface area contributed by atoms with Gasteiger partial charge in [-0.05, 0) is 63.9 Å². The molecule has 1 aliphatic heterocycles. The Balaban J connectivity index is 1.44. The normalized spacial score (nSPS) is 16.2. The molecule has 1 unspecified atom stereocenters. The van der Waals surface area contributed by atoms with Gasteiger partial charge in [-0.25, -0.2) is 4.68 Å². The maximum absolute atomic E-state index is 12.9. The smallest absolute Gasteiger partial charge is 0.229 e. The molecule has 2 aromatic heterocycles. The van der Waals surface area contributed by atoms with Crippen molar-refractivity contribution in [1.82, 2.24) is 20.0 Å². The number of nitrogens with zero attached hydrogens (tertiary/aromatic N) is 5. The molecule has 0 aliphatic carbocycles. The molecule has 1 atom stereocenters. The van der Waals surface area contributed by atoms with Crippen molar-refractivity contribution in [2.24, 2.45) is 5.92 Å². The Kier molecular flexibility index (Phi) is 6.16. The Hall–Kier alpha value is -3.42. The van der Waals surface area contributed by atoms with Crippen molar-refractivity contribution in [1.29, 1.82) is 0 Å². The van der Waals surface area contributed by atoms with Gasteiger partial charge < -0.3 is 15.0 Å². The number of benzene rings is 1. The number of aryl methyl sites for hydroxylation is 2. The van der Waals surface area contributed by atoms with Gasteiger partial charge in [0.2, 0.25) is 5.91 Å². The van der Waals surface area contributed by atoms with Crippen LogP contribution in [0.4, 0.5) is 11.5 Å². The zero-order valence-electron chi connectivity index (χ0n) is 18.2. The number of hydrogen-bond acceptors (Lipinski definition) is 6. The van der Waals surface area contributed by atoms with Gasteiger partial charge in [0.25, 0.3) is 0 Å². The average Bonchev–Trinajstić information content (AvgIpc) is 3.13. The van der Waals surface area contributed by atoms with Gasteiger partial charge in [0.15, 0.2) is 11.6 Å². The van der Waals surface area contributed by atoms with E-state index < -0.39 is 0 Å². The molecule has 1 amide bonds. The summed E-state index contributed by atoms with van der Waals surface area (Å²) < 4.78 is 7.41. The molecule has 0 spiro atoms. The van der Waals surface area contributed by atoms with Crippen LogP contribution in [0.2, 0.25) is 0 Å². The van der Waals surface area contributed by atoms with Crippen molar-refractivity contribution in [3.63, 3.8) is 0 Å². The molecular formula is C23H28N6O2. The van der Waals surface area contributed by atoms with E-state index in [1.165, 1.54) is 0 Å². The molecule has 162 valence electrons. The molecule has 1 N–H and O–H groups in total. The fourth-order valence-electron chi connectivity index (χ4n) is 3.95. The van der Waals surface area contributed by atoms with E-state index in [1.54, 1.807) is 4.68 Å². The number of nitrogens with one attached hydrogen (secondary N) is 1. The van der Waals surface area contributed by atoms with Crippen LogP contribution in [0, 0.1) is 19.8 Å². The average molecular weight is 421 g/mol. The zero-order valence-corrected chi connectivity index (χ0v) is 18.2. The van der Waals surface area contributed by atoms with Crippen molar-refractivity contribution in [3.8, 4) is 11.6 Å². The first-order valence-electron chi connectivity index (χ1n) is 10.7. The first-order chi connectivity index (χ1) is 15.0. The first kappa shape index (κ1) is 20.8. The van der Waals surface area contributed by atoms with Crippen LogP contribution in [-0.2, 0) is 4.79 Å². The second-order valence-corrected chi connectivity index (χ2v) is 7.79. The van der Waals surface area contributed by atoms with Crippen LogP contribution in [0.1, 0.15) is 31.2 Å². The van der Waals surface area contributed by atoms with Crippen LogP contribution in [0.15, 0.2) is 42.5 Å². The Bertz CT molecular complexity index is 1050. The summed E-state index contributed by atoms with van der Waals surface area (Å²) in [5.74, 6) is 2.03. The number of anilines is 2. The number of ether oxygens (including phenoxy) is 1. The number of carbonyl (C=O) groups excluding carboxylic acids is 1. The fraction of sp³-hybridized carbons (Fsp3) is 0.391. The molecule has 3 aromatic rings. The summed E-state index contributed by atoms with van der Waals surface area (Å²) in [7, 11) is 0. The number of aromatic nitrogens is 4. The maximum atomic E-state index is 12.9. The Morgan fingerprint density at radius 1 is 1.16 bits per heavy atom. The summed E-state index contributed by atoms with van der Waals surface area (Å²) in [6, 6.07) is 13.4. The highest BCUT2D eigenvalue weighted by atomic mass is 16.5. The van der Waals surface area contributed by atoms with Crippen molar-refractivity contribution in [2.75, 3.05) is 29.9 Å². The minimum atomic E-state index is -0.124. The van der Waals surface area contributed by atoms with E-state index >= 15 is 0 Å². The number of para-hydroxylation sites is 2. The monoisotopic (exact) mass is 420 g/mol. The molecule has 0 saturated carbocycles. The highest BCUT2D eigenvalue weighted by Gasteiger charge is 2.27. The summed E-state index contributed by atoms with van der Waals surface area (Å²) in [5, 5.41) is 16.3. The quantitative estimate of drug-likeness (QED) is 0.657. The minimum absolute atomic E-state index is 0.00377. The van der Waals surface area contributed by atoms with Gasteiger partial charge in [0.05, 0.1) is 23.9 Å². The van der Waals surface area contributed by atoms with Gasteiger partial charge in [-0.15, -0.1) is 10.2 Å². The van der Waals surface area contributed by atoms with E-state index in [2.05, 4.69) is 25.5 Å². The van der Waals surface area contributed by atoms with E-state index in [4.69, 9.17) is 4.74 Å². The van der Waals surface area contributed by atoms with Crippen LogP contribution >= 0.6 is 0 Å². The molecule has 1 aliphatic rings. The van der Waals surface area contributed by atoms with Crippen LogP contribution in [0.5, 0.6) is 5.75 Å². The number of piperidine rings is 1. The van der Waals surface area contributed by atoms with Crippen molar-refractivity contribution < 1.29 is 9.53 Å². The second-order valence-electron chi connectivity index (χ2n) is 7.79. The molecular weight excluding hydrogens is 392 g/mol. The number of amides is 1. The second kappa shape index (κ2) is 9.16. The minimum Gasteiger partial charge on any atom is -0.492 e. The van der Waals surface area contributed by atoms with Crippen LogP contribution in [-0.4, -0.2) is 45.6 Å². The molecule has 0 radical (unpaired) electrons. The van der Waals surface area contributed by atoms with E-state index in [1.807, 2.05) is 63.2 Å². The van der Waals surface area contributed by atoms with Crippen LogP contribution in [0.3, 0.4) is 0 Å². The van der Waals surface area contributed by atoms with Gasteiger partial charge in [-0.3, -0.25) is 4.79 Å².